The Morgan fingerprint density at radius 1 is 0.262 bits per heavy atom. The molecule has 11 rings (SSSR count). The minimum atomic E-state index is -0.123. The number of benzene rings is 11. The average Bonchev–Trinajstić information content (AvgIpc) is 3.37. The summed E-state index contributed by atoms with van der Waals surface area (Å²) in [5.41, 5.74) is 11.1. The lowest BCUT2D eigenvalue weighted by molar-refractivity contribution is 1.28. The molecule has 0 fully saturated rings. The van der Waals surface area contributed by atoms with E-state index in [0.717, 1.165) is 66.1 Å². The lowest BCUT2D eigenvalue weighted by Gasteiger charge is -2.26. The quantitative estimate of drug-likeness (QED) is 0.139. The summed E-state index contributed by atoms with van der Waals surface area (Å²) < 4.78 is 38.2. The van der Waals surface area contributed by atoms with E-state index in [1.54, 1.807) is 0 Å². The molecule has 0 atom stereocenters. The van der Waals surface area contributed by atoms with E-state index >= 15 is 0 Å². The van der Waals surface area contributed by atoms with Gasteiger partial charge in [-0.15, -0.1) is 0 Å². The van der Waals surface area contributed by atoms with Crippen molar-refractivity contribution in [2.24, 2.45) is 0 Å². The molecule has 11 aromatic rings. The summed E-state index contributed by atoms with van der Waals surface area (Å²) in [6.07, 6.45) is 0. The maximum Gasteiger partial charge on any atom is 0.0645 e. The zero-order valence-electron chi connectivity index (χ0n) is 37.3. The Kier molecular flexibility index (Phi) is 8.18. The molecule has 0 heterocycles. The van der Waals surface area contributed by atoms with Crippen LogP contribution in [0.1, 0.15) is 5.48 Å². The number of nitrogens with zero attached hydrogens (tertiary/aromatic N) is 1. The number of rotatable bonds is 8. The van der Waals surface area contributed by atoms with Crippen molar-refractivity contribution in [3.05, 3.63) is 249 Å². The molecule has 0 saturated carbocycles. The molecule has 0 bridgehead atoms. The Labute approximate surface area is 362 Å². The molecule has 0 saturated heterocycles. The molecule has 0 aliphatic carbocycles. The summed E-state index contributed by atoms with van der Waals surface area (Å²) in [5.74, 6) is 0. The highest BCUT2D eigenvalue weighted by Crippen LogP contribution is 2.42. The van der Waals surface area contributed by atoms with E-state index in [0.29, 0.717) is 16.9 Å². The molecule has 61 heavy (non-hydrogen) atoms. The summed E-state index contributed by atoms with van der Waals surface area (Å²) >= 11 is 0. The molecule has 0 aromatic heterocycles. The highest BCUT2D eigenvalue weighted by atomic mass is 15.1. The van der Waals surface area contributed by atoms with Crippen LogP contribution in [-0.4, -0.2) is 0 Å². The standard InChI is InChI=1S/C60H41N/c1-3-13-42(14-4-1)43-23-25-44(26-24-43)45-27-34-51(35-28-45)61(52-36-29-48(30-37-52)59-41-50-18-8-9-19-54(50)57-21-11-12-22-58(57)59)53-38-31-49(32-39-53)60-55-20-10-7-17-47(55)33-40-56(60)46-15-5-2-6-16-46/h1-41H/i27D,28D,34D,35D. The Balaban J connectivity index is 1.07. The van der Waals surface area contributed by atoms with Gasteiger partial charge in [-0.25, -0.2) is 0 Å². The fraction of sp³-hybridized carbons (Fsp3) is 0. The first-order valence-electron chi connectivity index (χ1n) is 22.7. The van der Waals surface area contributed by atoms with Crippen LogP contribution in [0.3, 0.4) is 0 Å². The van der Waals surface area contributed by atoms with E-state index in [1.165, 1.54) is 10.8 Å². The van der Waals surface area contributed by atoms with Gasteiger partial charge in [0, 0.05) is 17.1 Å². The van der Waals surface area contributed by atoms with Gasteiger partial charge in [0.25, 0.3) is 0 Å². The van der Waals surface area contributed by atoms with Crippen molar-refractivity contribution in [1.29, 1.82) is 0 Å². The second-order valence-electron chi connectivity index (χ2n) is 15.4. The third-order valence-electron chi connectivity index (χ3n) is 11.7. The smallest absolute Gasteiger partial charge is 0.0645 e. The van der Waals surface area contributed by atoms with Crippen molar-refractivity contribution in [3.63, 3.8) is 0 Å². The van der Waals surface area contributed by atoms with Crippen LogP contribution in [-0.2, 0) is 0 Å². The maximum absolute atomic E-state index is 9.63. The monoisotopic (exact) mass is 779 g/mol. The highest BCUT2D eigenvalue weighted by molar-refractivity contribution is 6.14. The largest absolute Gasteiger partial charge is 0.311 e. The average molecular weight is 780 g/mol. The van der Waals surface area contributed by atoms with E-state index in [2.05, 4.69) is 140 Å². The van der Waals surface area contributed by atoms with Gasteiger partial charge >= 0.3 is 0 Å². The van der Waals surface area contributed by atoms with Gasteiger partial charge in [-0.05, 0) is 130 Å². The van der Waals surface area contributed by atoms with E-state index < -0.39 is 0 Å². The van der Waals surface area contributed by atoms with Crippen LogP contribution < -0.4 is 4.90 Å². The van der Waals surface area contributed by atoms with Crippen LogP contribution in [0.15, 0.2) is 249 Å². The zero-order chi connectivity index (χ0) is 44.0. The first kappa shape index (κ1) is 31.9. The van der Waals surface area contributed by atoms with Crippen molar-refractivity contribution in [3.8, 4) is 55.6 Å². The molecule has 1 heteroatoms. The number of fused-ring (bicyclic) bond motifs is 4. The van der Waals surface area contributed by atoms with Crippen molar-refractivity contribution in [2.45, 2.75) is 0 Å². The van der Waals surface area contributed by atoms with Crippen LogP contribution in [0.5, 0.6) is 0 Å². The van der Waals surface area contributed by atoms with Gasteiger partial charge in [-0.2, -0.15) is 0 Å². The van der Waals surface area contributed by atoms with Gasteiger partial charge in [-0.3, -0.25) is 0 Å². The third-order valence-corrected chi connectivity index (χ3v) is 11.7. The van der Waals surface area contributed by atoms with Crippen LogP contribution in [0.2, 0.25) is 0 Å². The minimum absolute atomic E-state index is 0.0995. The molecular weight excluding hydrogens is 735 g/mol. The molecule has 0 radical (unpaired) electrons. The summed E-state index contributed by atoms with van der Waals surface area (Å²) in [4.78, 5) is 1.87. The van der Waals surface area contributed by atoms with Crippen molar-refractivity contribution >= 4 is 49.4 Å². The summed E-state index contributed by atoms with van der Waals surface area (Å²) in [5, 5.41) is 6.99. The Morgan fingerprint density at radius 2 is 0.721 bits per heavy atom. The van der Waals surface area contributed by atoms with Gasteiger partial charge in [0.05, 0.1) is 5.48 Å². The van der Waals surface area contributed by atoms with Crippen LogP contribution in [0.25, 0.3) is 88.0 Å². The van der Waals surface area contributed by atoms with Gasteiger partial charge in [0.15, 0.2) is 0 Å². The third kappa shape index (κ3) is 6.83. The molecule has 0 aliphatic rings. The molecular formula is C60H41N. The fourth-order valence-corrected chi connectivity index (χ4v) is 8.73. The first-order valence-corrected chi connectivity index (χ1v) is 20.7. The summed E-state index contributed by atoms with van der Waals surface area (Å²) in [6, 6.07) is 76.2. The second-order valence-corrected chi connectivity index (χ2v) is 15.4. The van der Waals surface area contributed by atoms with Crippen LogP contribution in [0.4, 0.5) is 17.1 Å². The molecule has 0 spiro atoms. The van der Waals surface area contributed by atoms with Crippen LogP contribution >= 0.6 is 0 Å². The Morgan fingerprint density at radius 3 is 1.38 bits per heavy atom. The first-order chi connectivity index (χ1) is 31.9. The van der Waals surface area contributed by atoms with Crippen molar-refractivity contribution in [2.75, 3.05) is 4.90 Å². The molecule has 0 unspecified atom stereocenters. The SMILES string of the molecule is [2H]c1c([2H])c(N(c2ccc(-c3c(-c4ccccc4)ccc4ccccc34)cc2)c2ccc(-c3cc4ccccc4c4ccccc34)cc2)c([2H])c([2H])c1-c1ccc(-c2ccccc2)cc1. The second kappa shape index (κ2) is 15.6. The van der Waals surface area contributed by atoms with E-state index in [9.17, 15) is 5.48 Å². The molecule has 0 N–H and O–H groups in total. The number of anilines is 3. The Bertz CT molecular complexity index is 3520. The summed E-state index contributed by atoms with van der Waals surface area (Å²) in [6.45, 7) is 0. The van der Waals surface area contributed by atoms with Gasteiger partial charge in [0.1, 0.15) is 0 Å². The van der Waals surface area contributed by atoms with Gasteiger partial charge in [0.2, 0.25) is 0 Å². The van der Waals surface area contributed by atoms with E-state index in [-0.39, 0.29) is 35.4 Å². The molecule has 0 amide bonds. The minimum Gasteiger partial charge on any atom is -0.311 e. The normalized spacial score (nSPS) is 12.2. The van der Waals surface area contributed by atoms with Crippen molar-refractivity contribution < 1.29 is 5.48 Å². The predicted molar refractivity (Wildman–Crippen MR) is 261 cm³/mol. The molecule has 286 valence electrons. The topological polar surface area (TPSA) is 3.24 Å². The fourth-order valence-electron chi connectivity index (χ4n) is 8.73. The Hall–Kier alpha value is -8.00. The van der Waals surface area contributed by atoms with Gasteiger partial charge < -0.3 is 4.90 Å². The van der Waals surface area contributed by atoms with Crippen LogP contribution in [0, 0.1) is 0 Å². The lowest BCUT2D eigenvalue weighted by Crippen LogP contribution is -2.09. The zero-order valence-corrected chi connectivity index (χ0v) is 33.3. The highest BCUT2D eigenvalue weighted by Gasteiger charge is 2.17. The van der Waals surface area contributed by atoms with Crippen molar-refractivity contribution in [1.82, 2.24) is 0 Å². The predicted octanol–water partition coefficient (Wildman–Crippen LogP) is 17.0. The number of hydrogen-bond acceptors (Lipinski definition) is 1. The molecule has 0 aliphatic heterocycles. The lowest BCUT2D eigenvalue weighted by atomic mass is 9.89. The number of hydrogen-bond donors (Lipinski definition) is 0. The molecule has 1 nitrogen and oxygen atoms in total. The summed E-state index contributed by atoms with van der Waals surface area (Å²) in [7, 11) is 0. The van der Waals surface area contributed by atoms with Gasteiger partial charge in [-0.1, -0.05) is 206 Å². The van der Waals surface area contributed by atoms with E-state index in [1.807, 2.05) is 89.8 Å². The molecule has 11 aromatic carbocycles. The van der Waals surface area contributed by atoms with E-state index in [4.69, 9.17) is 0 Å². The maximum atomic E-state index is 9.63.